The summed E-state index contributed by atoms with van der Waals surface area (Å²) in [6.45, 7) is 3.25. The maximum absolute atomic E-state index is 12.6. The molecular weight excluding hydrogens is 327 g/mol. The number of carboxylic acids is 1. The van der Waals surface area contributed by atoms with E-state index in [0.29, 0.717) is 11.3 Å². The normalized spacial score (nSPS) is 16.1. The maximum Gasteiger partial charge on any atom is 0.408 e. The van der Waals surface area contributed by atoms with Crippen LogP contribution in [0.2, 0.25) is 0 Å². The van der Waals surface area contributed by atoms with Gasteiger partial charge in [-0.25, -0.2) is 4.79 Å². The van der Waals surface area contributed by atoms with Crippen LogP contribution in [0.3, 0.4) is 0 Å². The van der Waals surface area contributed by atoms with Crippen molar-refractivity contribution in [2.45, 2.75) is 64.8 Å². The van der Waals surface area contributed by atoms with Crippen LogP contribution in [-0.4, -0.2) is 49.9 Å². The molecule has 1 heterocycles. The monoisotopic (exact) mass is 347 g/mol. The number of nitrogens with zero attached hydrogens (tertiary/aromatic N) is 3. The van der Waals surface area contributed by atoms with Gasteiger partial charge in [0.25, 0.3) is 0 Å². The fraction of sp³-hybridized carbons (Fsp3) is 0.667. The van der Waals surface area contributed by atoms with E-state index in [0.717, 1.165) is 17.5 Å². The van der Waals surface area contributed by atoms with Crippen LogP contribution in [0.4, 0.5) is 13.2 Å². The second-order valence-electron chi connectivity index (χ2n) is 6.15. The number of aliphatic carboxylic acids is 1. The van der Waals surface area contributed by atoms with Gasteiger partial charge >= 0.3 is 12.1 Å². The third-order valence-corrected chi connectivity index (χ3v) is 4.19. The lowest BCUT2D eigenvalue weighted by Crippen LogP contribution is -2.45. The van der Waals surface area contributed by atoms with E-state index in [-0.39, 0.29) is 18.2 Å². The quantitative estimate of drug-likeness (QED) is 0.855. The number of hydrogen-bond acceptors (Lipinski definition) is 3. The highest BCUT2D eigenvalue weighted by Gasteiger charge is 2.39. The molecule has 1 aliphatic rings. The highest BCUT2D eigenvalue weighted by Crippen LogP contribution is 2.30. The van der Waals surface area contributed by atoms with Gasteiger partial charge in [0.2, 0.25) is 5.91 Å². The summed E-state index contributed by atoms with van der Waals surface area (Å²) >= 11 is 0. The Bertz CT molecular complexity index is 650. The Labute approximate surface area is 137 Å². The minimum absolute atomic E-state index is 0.102. The van der Waals surface area contributed by atoms with Gasteiger partial charge in [-0.15, -0.1) is 0 Å². The van der Waals surface area contributed by atoms with Gasteiger partial charge in [-0.2, -0.15) is 18.3 Å². The molecule has 1 unspecified atom stereocenters. The zero-order valence-electron chi connectivity index (χ0n) is 13.7. The molecule has 6 nitrogen and oxygen atoms in total. The number of carbonyl (C=O) groups is 2. The number of alkyl halides is 3. The number of carbonyl (C=O) groups excluding carboxylic acids is 1. The molecule has 1 aromatic rings. The number of amides is 1. The van der Waals surface area contributed by atoms with Crippen molar-refractivity contribution in [2.75, 3.05) is 0 Å². The lowest BCUT2D eigenvalue weighted by Gasteiger charge is -2.26. The molecule has 1 fully saturated rings. The minimum Gasteiger partial charge on any atom is -0.480 e. The van der Waals surface area contributed by atoms with Crippen molar-refractivity contribution in [2.24, 2.45) is 0 Å². The summed E-state index contributed by atoms with van der Waals surface area (Å²) < 4.78 is 38.5. The molecule has 1 aromatic heterocycles. The average molecular weight is 347 g/mol. The number of aromatic nitrogens is 2. The molecule has 0 aliphatic heterocycles. The largest absolute Gasteiger partial charge is 0.480 e. The van der Waals surface area contributed by atoms with Crippen molar-refractivity contribution >= 4 is 11.9 Å². The second kappa shape index (κ2) is 6.45. The standard InChI is InChI=1S/C15H20F3N3O3/c1-8-12(9(2)20(19-8)7-15(16,17)18)6-13(22)21(11-4-5-11)10(3)14(23)24/h10-11H,4-7H2,1-3H3,(H,23,24). The Morgan fingerprint density at radius 2 is 1.96 bits per heavy atom. The zero-order chi connectivity index (χ0) is 18.2. The predicted molar refractivity (Wildman–Crippen MR) is 78.4 cm³/mol. The van der Waals surface area contributed by atoms with Gasteiger partial charge in [0.15, 0.2) is 0 Å². The van der Waals surface area contributed by atoms with Crippen LogP contribution in [0.5, 0.6) is 0 Å². The predicted octanol–water partition coefficient (Wildman–Crippen LogP) is 2.07. The van der Waals surface area contributed by atoms with Crippen molar-refractivity contribution in [3.05, 3.63) is 17.0 Å². The first kappa shape index (κ1) is 18.3. The number of aryl methyl sites for hydroxylation is 1. The zero-order valence-corrected chi connectivity index (χ0v) is 13.7. The van der Waals surface area contributed by atoms with Crippen molar-refractivity contribution in [3.8, 4) is 0 Å². The first-order valence-electron chi connectivity index (χ1n) is 7.65. The summed E-state index contributed by atoms with van der Waals surface area (Å²) in [6, 6.07) is -1.06. The lowest BCUT2D eigenvalue weighted by molar-refractivity contribution is -0.149. The topological polar surface area (TPSA) is 75.4 Å². The molecule has 1 atom stereocenters. The van der Waals surface area contributed by atoms with Crippen LogP contribution in [0, 0.1) is 13.8 Å². The Balaban J connectivity index is 2.20. The molecule has 1 N–H and O–H groups in total. The van der Waals surface area contributed by atoms with Crippen molar-refractivity contribution in [1.82, 2.24) is 14.7 Å². The number of hydrogen-bond donors (Lipinski definition) is 1. The van der Waals surface area contributed by atoms with Gasteiger partial charge in [0.05, 0.1) is 12.1 Å². The van der Waals surface area contributed by atoms with Gasteiger partial charge in [-0.05, 0) is 33.6 Å². The Kier molecular flexibility index (Phi) is 4.91. The number of rotatable bonds is 6. The molecule has 1 saturated carbocycles. The number of carboxylic acid groups (broad SMARTS) is 1. The van der Waals surface area contributed by atoms with Crippen LogP contribution in [0.25, 0.3) is 0 Å². The third-order valence-electron chi connectivity index (χ3n) is 4.19. The molecule has 1 aliphatic carbocycles. The molecular formula is C15H20F3N3O3. The second-order valence-corrected chi connectivity index (χ2v) is 6.15. The molecule has 0 bridgehead atoms. The van der Waals surface area contributed by atoms with Crippen molar-refractivity contribution in [1.29, 1.82) is 0 Å². The van der Waals surface area contributed by atoms with E-state index in [4.69, 9.17) is 5.11 Å². The van der Waals surface area contributed by atoms with Crippen LogP contribution < -0.4 is 0 Å². The summed E-state index contributed by atoms with van der Waals surface area (Å²) in [5.74, 6) is -1.50. The number of halogens is 3. The van der Waals surface area contributed by atoms with Crippen LogP contribution in [0.15, 0.2) is 0 Å². The van der Waals surface area contributed by atoms with Crippen LogP contribution in [0.1, 0.15) is 36.7 Å². The fourth-order valence-electron chi connectivity index (χ4n) is 2.76. The summed E-state index contributed by atoms with van der Waals surface area (Å²) in [5, 5.41) is 13.0. The SMILES string of the molecule is Cc1nn(CC(F)(F)F)c(C)c1CC(=O)N(C1CC1)C(C)C(=O)O. The first-order valence-corrected chi connectivity index (χ1v) is 7.65. The maximum atomic E-state index is 12.6. The Morgan fingerprint density at radius 1 is 1.38 bits per heavy atom. The highest BCUT2D eigenvalue weighted by atomic mass is 19.4. The van der Waals surface area contributed by atoms with Crippen LogP contribution in [-0.2, 0) is 22.6 Å². The van der Waals surface area contributed by atoms with E-state index >= 15 is 0 Å². The van der Waals surface area contributed by atoms with E-state index in [1.165, 1.54) is 18.7 Å². The van der Waals surface area contributed by atoms with E-state index in [2.05, 4.69) is 5.10 Å². The fourth-order valence-corrected chi connectivity index (χ4v) is 2.76. The van der Waals surface area contributed by atoms with Gasteiger partial charge in [0, 0.05) is 17.3 Å². The molecule has 9 heteroatoms. The van der Waals surface area contributed by atoms with Crippen LogP contribution >= 0.6 is 0 Å². The minimum atomic E-state index is -4.40. The molecule has 1 amide bonds. The Morgan fingerprint density at radius 3 is 2.42 bits per heavy atom. The lowest BCUT2D eigenvalue weighted by atomic mass is 10.1. The van der Waals surface area contributed by atoms with Crippen molar-refractivity contribution in [3.63, 3.8) is 0 Å². The summed E-state index contributed by atoms with van der Waals surface area (Å²) in [4.78, 5) is 25.1. The van der Waals surface area contributed by atoms with E-state index in [1.54, 1.807) is 6.92 Å². The van der Waals surface area contributed by atoms with E-state index in [9.17, 15) is 22.8 Å². The van der Waals surface area contributed by atoms with Gasteiger partial charge < -0.3 is 10.0 Å². The molecule has 0 saturated heterocycles. The van der Waals surface area contributed by atoms with Gasteiger partial charge in [-0.3, -0.25) is 9.48 Å². The third kappa shape index (κ3) is 4.07. The van der Waals surface area contributed by atoms with E-state index in [1.807, 2.05) is 0 Å². The smallest absolute Gasteiger partial charge is 0.408 e. The van der Waals surface area contributed by atoms with Crippen molar-refractivity contribution < 1.29 is 27.9 Å². The average Bonchev–Trinajstić information content (AvgIpc) is 3.22. The van der Waals surface area contributed by atoms with E-state index < -0.39 is 30.6 Å². The molecule has 0 radical (unpaired) electrons. The van der Waals surface area contributed by atoms with Gasteiger partial charge in [-0.1, -0.05) is 0 Å². The Hall–Kier alpha value is -2.06. The first-order chi connectivity index (χ1) is 11.0. The summed E-state index contributed by atoms with van der Waals surface area (Å²) in [5.41, 5.74) is 1.05. The summed E-state index contributed by atoms with van der Waals surface area (Å²) in [6.07, 6.45) is -3.06. The molecule has 0 aromatic carbocycles. The summed E-state index contributed by atoms with van der Waals surface area (Å²) in [7, 11) is 0. The molecule has 134 valence electrons. The highest BCUT2D eigenvalue weighted by molar-refractivity contribution is 5.85. The molecule has 2 rings (SSSR count). The molecule has 24 heavy (non-hydrogen) atoms. The van der Waals surface area contributed by atoms with Gasteiger partial charge in [0.1, 0.15) is 12.6 Å². The molecule has 0 spiro atoms.